The zero-order chi connectivity index (χ0) is 35.7. The van der Waals surface area contributed by atoms with Gasteiger partial charge in [0, 0.05) is 11.4 Å². The number of aliphatic carboxylic acids is 1. The van der Waals surface area contributed by atoms with Crippen LogP contribution < -0.4 is 26.0 Å². The normalized spacial score (nSPS) is 17.8. The van der Waals surface area contributed by atoms with Gasteiger partial charge in [0.2, 0.25) is 11.8 Å². The highest BCUT2D eigenvalue weighted by Gasteiger charge is 2.49. The Morgan fingerprint density at radius 2 is 1.65 bits per heavy atom. The summed E-state index contributed by atoms with van der Waals surface area (Å²) >= 11 is 1.24. The van der Waals surface area contributed by atoms with Crippen LogP contribution in [0.3, 0.4) is 0 Å². The van der Waals surface area contributed by atoms with Gasteiger partial charge in [-0.3, -0.25) is 14.4 Å². The van der Waals surface area contributed by atoms with Gasteiger partial charge in [-0.2, -0.15) is 0 Å². The molecule has 0 radical (unpaired) electrons. The van der Waals surface area contributed by atoms with E-state index in [2.05, 4.69) is 5.32 Å². The van der Waals surface area contributed by atoms with Gasteiger partial charge in [-0.25, -0.2) is 13.6 Å². The van der Waals surface area contributed by atoms with Crippen LogP contribution >= 0.6 is 11.8 Å². The van der Waals surface area contributed by atoms with Crippen molar-refractivity contribution in [2.75, 3.05) is 23.8 Å². The first-order valence-corrected chi connectivity index (χ1v) is 16.4. The maximum Gasteiger partial charge on any atom is 0.326 e. The molecule has 0 aliphatic carbocycles. The summed E-state index contributed by atoms with van der Waals surface area (Å²) in [6, 6.07) is 14.5. The first-order valence-electron chi connectivity index (χ1n) is 15.8. The number of benzene rings is 3. The number of thioether (sulfide) groups is 1. The smallest absolute Gasteiger partial charge is 0.326 e. The third-order valence-corrected chi connectivity index (χ3v) is 9.03. The first kappa shape index (κ1) is 34.8. The molecular weight excluding hydrogens is 646 g/mol. The van der Waals surface area contributed by atoms with Crippen molar-refractivity contribution in [2.45, 2.75) is 55.7 Å². The number of amides is 3. The Bertz CT molecular complexity index is 1600. The largest absolute Gasteiger partial charge is 0.484 e. The van der Waals surface area contributed by atoms with E-state index in [1.54, 1.807) is 24.3 Å². The van der Waals surface area contributed by atoms with Gasteiger partial charge in [0.05, 0.1) is 12.1 Å². The second-order valence-electron chi connectivity index (χ2n) is 11.2. The molecule has 1 fully saturated rings. The van der Waals surface area contributed by atoms with Gasteiger partial charge in [-0.15, -0.1) is 11.8 Å². The predicted octanol–water partition coefficient (Wildman–Crippen LogP) is 3.47. The number of aliphatic hydroxyl groups is 1. The number of unbranched alkanes of at least 4 members (excludes halogenated alkanes) is 1. The van der Waals surface area contributed by atoms with Crippen molar-refractivity contribution >= 4 is 41.1 Å². The standard InChI is InChI=1S/C34H38F2N4O7S/c1-20(32(43)39-27(34(45)46)4-2-3-17-37)38-29(42)18-47-26-15-7-22(8-16-26)30-31(33(44)40(30)25-13-11-24(36)12-14-25)48-19-28(41)21-5-9-23(35)10-6-21/h5-16,20,27-28,30-31,41H,2-4,17-19,37H2,1H3,(H,38,42)(H,39,43)(H,45,46)/t20-,27+,28?,30-,31-/m1/s1/i/hD. The molecule has 14 heteroatoms. The number of nitrogens with zero attached hydrogens (tertiary/aromatic N) is 1. The lowest BCUT2D eigenvalue weighted by Gasteiger charge is -2.47. The minimum Gasteiger partial charge on any atom is -0.484 e. The molecule has 0 aromatic heterocycles. The van der Waals surface area contributed by atoms with E-state index in [1.165, 1.54) is 72.1 Å². The minimum atomic E-state index is -1.29. The maximum absolute atomic E-state index is 13.6. The highest BCUT2D eigenvalue weighted by Crippen LogP contribution is 2.46. The average molecular weight is 686 g/mol. The quantitative estimate of drug-likeness (QED) is 0.105. The van der Waals surface area contributed by atoms with Gasteiger partial charge in [-0.05, 0) is 92.4 Å². The lowest BCUT2D eigenvalue weighted by Crippen LogP contribution is -2.57. The number of ether oxygens (including phenoxy) is 1. The Labute approximate surface area is 282 Å². The van der Waals surface area contributed by atoms with Crippen molar-refractivity contribution in [3.63, 3.8) is 0 Å². The van der Waals surface area contributed by atoms with Crippen molar-refractivity contribution < 1.29 is 44.3 Å². The molecule has 0 saturated carbocycles. The lowest BCUT2D eigenvalue weighted by atomic mass is 9.92. The third kappa shape index (κ3) is 9.52. The highest BCUT2D eigenvalue weighted by molar-refractivity contribution is 8.00. The minimum absolute atomic E-state index is 0.157. The summed E-state index contributed by atoms with van der Waals surface area (Å²) in [5.41, 5.74) is 7.13. The van der Waals surface area contributed by atoms with Crippen molar-refractivity contribution in [1.82, 2.24) is 10.6 Å². The molecule has 1 aliphatic heterocycles. The second kappa shape index (κ2) is 17.0. The summed E-state index contributed by atoms with van der Waals surface area (Å²) in [4.78, 5) is 51.6. The monoisotopic (exact) mass is 685 g/mol. The molecule has 1 saturated heterocycles. The van der Waals surface area contributed by atoms with E-state index in [1.807, 2.05) is 0 Å². The molecule has 0 bridgehead atoms. The Balaban J connectivity index is 1.39. The van der Waals surface area contributed by atoms with Crippen molar-refractivity contribution in [3.8, 4) is 5.75 Å². The summed E-state index contributed by atoms with van der Waals surface area (Å²) in [5.74, 6) is -3.57. The molecule has 1 aliphatic rings. The topological polar surface area (TPSA) is 171 Å². The number of hydrogen-bond donors (Lipinski definition) is 5. The summed E-state index contributed by atoms with van der Waals surface area (Å²) in [5, 5.41) is 22.2. The van der Waals surface area contributed by atoms with Crippen LogP contribution in [0.25, 0.3) is 0 Å². The second-order valence-corrected chi connectivity index (χ2v) is 12.4. The Kier molecular flexibility index (Phi) is 12.4. The molecule has 5 atom stereocenters. The number of carbonyl (C=O) groups is 4. The first-order chi connectivity index (χ1) is 23.4. The molecule has 256 valence electrons. The van der Waals surface area contributed by atoms with Gasteiger partial charge < -0.3 is 36.2 Å². The zero-order valence-corrected chi connectivity index (χ0v) is 26.9. The molecular formula is C34H38F2N4O7S. The Morgan fingerprint density at radius 3 is 2.25 bits per heavy atom. The number of nitrogens with one attached hydrogen (secondary N) is 2. The molecule has 3 amide bonds. The molecule has 1 unspecified atom stereocenters. The predicted molar refractivity (Wildman–Crippen MR) is 176 cm³/mol. The summed E-state index contributed by atoms with van der Waals surface area (Å²) in [6.45, 7) is 1.10. The van der Waals surface area contributed by atoms with E-state index in [4.69, 9.17) is 11.9 Å². The molecule has 11 nitrogen and oxygen atoms in total. The number of β-lactam (4-membered cyclic amide) rings is 1. The third-order valence-electron chi connectivity index (χ3n) is 7.70. The molecule has 48 heavy (non-hydrogen) atoms. The van der Waals surface area contributed by atoms with Crippen LogP contribution in [-0.4, -0.2) is 70.1 Å². The fourth-order valence-corrected chi connectivity index (χ4v) is 6.37. The number of nitrogens with two attached hydrogens (primary N) is 1. The van der Waals surface area contributed by atoms with E-state index in [0.717, 1.165) is 0 Å². The summed E-state index contributed by atoms with van der Waals surface area (Å²) in [6.07, 6.45) is 0.284. The molecule has 3 aromatic rings. The van der Waals surface area contributed by atoms with Crippen LogP contribution in [0.2, 0.25) is 1.41 Å². The number of halogens is 2. The van der Waals surface area contributed by atoms with E-state index in [0.29, 0.717) is 41.5 Å². The van der Waals surface area contributed by atoms with E-state index < -0.39 is 65.5 Å². The number of anilines is 1. The Morgan fingerprint density at radius 1 is 1.02 bits per heavy atom. The molecule has 6 N–H and O–H groups in total. The van der Waals surface area contributed by atoms with E-state index in [-0.39, 0.29) is 23.8 Å². The van der Waals surface area contributed by atoms with Gasteiger partial charge >= 0.3 is 5.97 Å². The molecule has 1 heterocycles. The van der Waals surface area contributed by atoms with Gasteiger partial charge in [0.15, 0.2) is 8.02 Å². The van der Waals surface area contributed by atoms with Crippen molar-refractivity contribution in [3.05, 3.63) is 95.6 Å². The summed E-state index contributed by atoms with van der Waals surface area (Å²) in [7, 11) is 0. The number of hydrogen-bond acceptors (Lipinski definition) is 8. The van der Waals surface area contributed by atoms with Crippen LogP contribution in [0.1, 0.15) is 49.5 Å². The van der Waals surface area contributed by atoms with Gasteiger partial charge in [0.25, 0.3) is 5.91 Å². The van der Waals surface area contributed by atoms with Crippen molar-refractivity contribution in [2.24, 2.45) is 5.73 Å². The van der Waals surface area contributed by atoms with Crippen LogP contribution in [-0.2, 0) is 19.2 Å². The van der Waals surface area contributed by atoms with E-state index in [9.17, 15) is 38.2 Å². The lowest BCUT2D eigenvalue weighted by molar-refractivity contribution is -0.142. The number of carboxylic acid groups (broad SMARTS) is 1. The van der Waals surface area contributed by atoms with Crippen LogP contribution in [0, 0.1) is 11.6 Å². The van der Waals surface area contributed by atoms with Crippen LogP contribution in [0.15, 0.2) is 72.8 Å². The molecule has 4 rings (SSSR count). The number of rotatable bonds is 17. The SMILES string of the molecule is [2H]N(C(=O)COc1ccc([C@@H]2[C@@H](SCC(O)c3ccc(F)cc3)C(=O)N2c2ccc(F)cc2)cc1)[C@H](C)C(=O)N[C@@H](CCCCN)C(=O)O. The fraction of sp³-hybridized carbons (Fsp3) is 0.353. The number of carboxylic acids is 1. The molecule has 3 aromatic carbocycles. The summed E-state index contributed by atoms with van der Waals surface area (Å²) < 4.78 is 40.6. The Hall–Kier alpha value is -4.53. The number of carbonyl (C=O) groups excluding carboxylic acids is 3. The van der Waals surface area contributed by atoms with Crippen LogP contribution in [0.4, 0.5) is 14.5 Å². The van der Waals surface area contributed by atoms with E-state index >= 15 is 0 Å². The fourth-order valence-electron chi connectivity index (χ4n) is 5.07. The zero-order valence-electron chi connectivity index (χ0n) is 27.1. The van der Waals surface area contributed by atoms with Crippen LogP contribution in [0.5, 0.6) is 5.75 Å². The van der Waals surface area contributed by atoms with Gasteiger partial charge in [0.1, 0.15) is 34.7 Å². The van der Waals surface area contributed by atoms with Crippen molar-refractivity contribution in [1.29, 1.82) is 0 Å². The maximum atomic E-state index is 13.6. The molecule has 0 spiro atoms. The average Bonchev–Trinajstić information content (AvgIpc) is 3.09. The van der Waals surface area contributed by atoms with Gasteiger partial charge in [-0.1, -0.05) is 24.3 Å². The highest BCUT2D eigenvalue weighted by atomic mass is 32.2. The number of aliphatic hydroxyl groups excluding tert-OH is 1.